The molecule has 1 fully saturated rings. The molecular weight excluding hydrogens is 360 g/mol. The molecule has 0 saturated carbocycles. The number of amides is 2. The van der Waals surface area contributed by atoms with E-state index in [-0.39, 0.29) is 54.6 Å². The monoisotopic (exact) mass is 386 g/mol. The minimum absolute atomic E-state index is 0.0598. The van der Waals surface area contributed by atoms with Crippen molar-refractivity contribution in [3.05, 3.63) is 11.5 Å². The predicted molar refractivity (Wildman–Crippen MR) is 93.8 cm³/mol. The van der Waals surface area contributed by atoms with E-state index in [2.05, 4.69) is 10.5 Å². The van der Waals surface area contributed by atoms with E-state index >= 15 is 0 Å². The summed E-state index contributed by atoms with van der Waals surface area (Å²) in [6.45, 7) is 9.14. The van der Waals surface area contributed by atoms with Crippen LogP contribution in [0.4, 0.5) is 0 Å². The second kappa shape index (κ2) is 7.75. The van der Waals surface area contributed by atoms with E-state index < -0.39 is 16.1 Å². The molecule has 1 aliphatic rings. The quantitative estimate of drug-likeness (QED) is 0.778. The van der Waals surface area contributed by atoms with Gasteiger partial charge in [-0.05, 0) is 19.8 Å². The molecule has 2 heterocycles. The van der Waals surface area contributed by atoms with Crippen LogP contribution in [-0.2, 0) is 19.6 Å². The predicted octanol–water partition coefficient (Wildman–Crippen LogP) is 0.285. The number of nitrogens with one attached hydrogen (secondary N) is 1. The average Bonchev–Trinajstić information content (AvgIpc) is 2.91. The molecule has 1 saturated heterocycles. The number of nitrogens with zero attached hydrogens (tertiary/aromatic N) is 3. The standard InChI is InChI=1S/C16H26N4O5S/c1-10(2)14(17-13(5)21)16(22)19-6-8-20(9-7-19)26(23,24)15-11(3)18-25-12(15)4/h10,14H,6-9H2,1-5H3,(H,17,21)/t14-/m0/s1. The van der Waals surface area contributed by atoms with Crippen molar-refractivity contribution in [3.8, 4) is 0 Å². The molecule has 26 heavy (non-hydrogen) atoms. The molecular formula is C16H26N4O5S. The van der Waals surface area contributed by atoms with E-state index in [4.69, 9.17) is 4.52 Å². The van der Waals surface area contributed by atoms with Crippen LogP contribution in [0, 0.1) is 19.8 Å². The Hall–Kier alpha value is -1.94. The van der Waals surface area contributed by atoms with Gasteiger partial charge in [-0.25, -0.2) is 8.42 Å². The molecule has 0 unspecified atom stereocenters. The van der Waals surface area contributed by atoms with Gasteiger partial charge in [-0.2, -0.15) is 4.31 Å². The summed E-state index contributed by atoms with van der Waals surface area (Å²) in [5.74, 6) is -0.261. The van der Waals surface area contributed by atoms with E-state index in [0.717, 1.165) is 0 Å². The van der Waals surface area contributed by atoms with Gasteiger partial charge in [0.15, 0.2) is 5.76 Å². The van der Waals surface area contributed by atoms with Gasteiger partial charge in [-0.1, -0.05) is 19.0 Å². The van der Waals surface area contributed by atoms with Crippen LogP contribution < -0.4 is 5.32 Å². The van der Waals surface area contributed by atoms with Crippen molar-refractivity contribution in [3.63, 3.8) is 0 Å². The fourth-order valence-corrected chi connectivity index (χ4v) is 4.76. The molecule has 10 heteroatoms. The first kappa shape index (κ1) is 20.4. The highest BCUT2D eigenvalue weighted by molar-refractivity contribution is 7.89. The molecule has 2 rings (SSSR count). The van der Waals surface area contributed by atoms with Crippen LogP contribution in [-0.4, -0.2) is 66.8 Å². The Labute approximate surface area is 153 Å². The van der Waals surface area contributed by atoms with Crippen LogP contribution in [0.3, 0.4) is 0 Å². The van der Waals surface area contributed by atoms with Crippen molar-refractivity contribution < 1.29 is 22.5 Å². The summed E-state index contributed by atoms with van der Waals surface area (Å²) >= 11 is 0. The molecule has 0 aromatic carbocycles. The van der Waals surface area contributed by atoms with Gasteiger partial charge in [0.05, 0.1) is 0 Å². The van der Waals surface area contributed by atoms with Crippen LogP contribution in [0.15, 0.2) is 9.42 Å². The Morgan fingerprint density at radius 2 is 1.73 bits per heavy atom. The molecule has 1 aromatic rings. The van der Waals surface area contributed by atoms with Crippen molar-refractivity contribution in [2.75, 3.05) is 26.2 Å². The van der Waals surface area contributed by atoms with Gasteiger partial charge in [0, 0.05) is 33.1 Å². The number of hydrogen-bond acceptors (Lipinski definition) is 6. The van der Waals surface area contributed by atoms with Crippen LogP contribution in [0.5, 0.6) is 0 Å². The lowest BCUT2D eigenvalue weighted by molar-refractivity contribution is -0.138. The minimum Gasteiger partial charge on any atom is -0.360 e. The van der Waals surface area contributed by atoms with Gasteiger partial charge in [0.25, 0.3) is 0 Å². The first-order chi connectivity index (χ1) is 12.1. The lowest BCUT2D eigenvalue weighted by atomic mass is 10.0. The van der Waals surface area contributed by atoms with Gasteiger partial charge in [-0.3, -0.25) is 9.59 Å². The number of sulfonamides is 1. The Morgan fingerprint density at radius 3 is 2.15 bits per heavy atom. The van der Waals surface area contributed by atoms with Crippen LogP contribution >= 0.6 is 0 Å². The molecule has 1 aromatic heterocycles. The van der Waals surface area contributed by atoms with E-state index in [1.165, 1.54) is 11.2 Å². The molecule has 1 aliphatic heterocycles. The van der Waals surface area contributed by atoms with Crippen molar-refractivity contribution >= 4 is 21.8 Å². The van der Waals surface area contributed by atoms with E-state index in [9.17, 15) is 18.0 Å². The Bertz CT molecular complexity index is 759. The third kappa shape index (κ3) is 4.07. The third-order valence-electron chi connectivity index (χ3n) is 4.41. The normalized spacial score (nSPS) is 17.4. The highest BCUT2D eigenvalue weighted by Gasteiger charge is 2.36. The minimum atomic E-state index is -3.72. The Morgan fingerprint density at radius 1 is 1.15 bits per heavy atom. The molecule has 1 atom stereocenters. The zero-order valence-corrected chi connectivity index (χ0v) is 16.6. The second-order valence-corrected chi connectivity index (χ2v) is 8.68. The average molecular weight is 386 g/mol. The summed E-state index contributed by atoms with van der Waals surface area (Å²) in [6.07, 6.45) is 0. The van der Waals surface area contributed by atoms with Crippen LogP contribution in [0.2, 0.25) is 0 Å². The maximum atomic E-state index is 12.8. The van der Waals surface area contributed by atoms with Gasteiger partial charge in [0.2, 0.25) is 21.8 Å². The lowest BCUT2D eigenvalue weighted by Crippen LogP contribution is -2.56. The number of hydrogen-bond donors (Lipinski definition) is 1. The summed E-state index contributed by atoms with van der Waals surface area (Å²) < 4.78 is 31.9. The first-order valence-corrected chi connectivity index (χ1v) is 9.98. The molecule has 1 N–H and O–H groups in total. The van der Waals surface area contributed by atoms with Gasteiger partial charge in [-0.15, -0.1) is 0 Å². The Balaban J connectivity index is 2.09. The fraction of sp³-hybridized carbons (Fsp3) is 0.688. The molecule has 0 spiro atoms. The SMILES string of the molecule is CC(=O)N[C@H](C(=O)N1CCN(S(=O)(=O)c2c(C)noc2C)CC1)C(C)C. The molecule has 2 amide bonds. The van der Waals surface area contributed by atoms with Crippen LogP contribution in [0.25, 0.3) is 0 Å². The van der Waals surface area contributed by atoms with Crippen molar-refractivity contribution in [1.82, 2.24) is 19.7 Å². The first-order valence-electron chi connectivity index (χ1n) is 8.54. The zero-order chi connectivity index (χ0) is 19.6. The fourth-order valence-electron chi connectivity index (χ4n) is 3.05. The van der Waals surface area contributed by atoms with Crippen molar-refractivity contribution in [2.24, 2.45) is 5.92 Å². The van der Waals surface area contributed by atoms with Crippen molar-refractivity contribution in [1.29, 1.82) is 0 Å². The summed E-state index contributed by atoms with van der Waals surface area (Å²) in [5.41, 5.74) is 0.325. The molecule has 9 nitrogen and oxygen atoms in total. The van der Waals surface area contributed by atoms with E-state index in [1.54, 1.807) is 18.7 Å². The van der Waals surface area contributed by atoms with Gasteiger partial charge in [0.1, 0.15) is 16.6 Å². The Kier molecular flexibility index (Phi) is 6.07. The number of aryl methyl sites for hydroxylation is 2. The maximum absolute atomic E-state index is 12.8. The largest absolute Gasteiger partial charge is 0.360 e. The van der Waals surface area contributed by atoms with E-state index in [0.29, 0.717) is 5.69 Å². The summed E-state index contributed by atoms with van der Waals surface area (Å²) in [5, 5.41) is 6.38. The molecule has 0 aliphatic carbocycles. The second-order valence-electron chi connectivity index (χ2n) is 6.80. The van der Waals surface area contributed by atoms with E-state index in [1.807, 2.05) is 13.8 Å². The summed E-state index contributed by atoms with van der Waals surface area (Å²) in [4.78, 5) is 25.7. The lowest BCUT2D eigenvalue weighted by Gasteiger charge is -2.36. The smallest absolute Gasteiger partial charge is 0.248 e. The number of carbonyl (C=O) groups is 2. The topological polar surface area (TPSA) is 113 Å². The number of carbonyl (C=O) groups excluding carboxylic acids is 2. The van der Waals surface area contributed by atoms with Gasteiger partial charge < -0.3 is 14.7 Å². The number of rotatable bonds is 5. The number of piperazine rings is 1. The molecule has 146 valence electrons. The zero-order valence-electron chi connectivity index (χ0n) is 15.8. The summed E-state index contributed by atoms with van der Waals surface area (Å²) in [7, 11) is -3.72. The summed E-state index contributed by atoms with van der Waals surface area (Å²) in [6, 6.07) is -0.613. The van der Waals surface area contributed by atoms with Crippen molar-refractivity contribution in [2.45, 2.75) is 45.6 Å². The van der Waals surface area contributed by atoms with Crippen LogP contribution in [0.1, 0.15) is 32.2 Å². The third-order valence-corrected chi connectivity index (χ3v) is 6.55. The highest BCUT2D eigenvalue weighted by atomic mass is 32.2. The highest BCUT2D eigenvalue weighted by Crippen LogP contribution is 2.24. The number of aromatic nitrogens is 1. The van der Waals surface area contributed by atoms with Gasteiger partial charge >= 0.3 is 0 Å². The molecule has 0 radical (unpaired) electrons. The maximum Gasteiger partial charge on any atom is 0.248 e. The molecule has 0 bridgehead atoms.